The number of pyridine rings is 1. The van der Waals surface area contributed by atoms with Gasteiger partial charge in [-0.2, -0.15) is 5.10 Å². The zero-order valence-corrected chi connectivity index (χ0v) is 16.9. The van der Waals surface area contributed by atoms with Gasteiger partial charge in [-0.15, -0.1) is 0 Å². The standard InChI is InChI=1S/C21H25N5O4/c1-14-8-15(11-22-10-14)19(28)23-12-16-9-21(4-6-30-7-5-21)13-26(16)20(29)17-2-3-18(27)25-24-17/h2-3,8,10-11,16H,4-7,9,12-13H2,1H3,(H,23,28)(H,25,27). The Balaban J connectivity index is 1.51. The van der Waals surface area contributed by atoms with Gasteiger partial charge < -0.3 is 15.0 Å². The predicted octanol–water partition coefficient (Wildman–Crippen LogP) is 0.915. The molecule has 0 aromatic carbocycles. The molecule has 2 N–H and O–H groups in total. The lowest BCUT2D eigenvalue weighted by molar-refractivity contribution is 0.0189. The lowest BCUT2D eigenvalue weighted by Gasteiger charge is -2.32. The molecule has 0 bridgehead atoms. The third kappa shape index (κ3) is 4.25. The van der Waals surface area contributed by atoms with Gasteiger partial charge in [-0.3, -0.25) is 19.4 Å². The number of nitrogens with one attached hydrogen (secondary N) is 2. The molecule has 1 unspecified atom stereocenters. The summed E-state index contributed by atoms with van der Waals surface area (Å²) in [6.45, 7) is 4.15. The Morgan fingerprint density at radius 2 is 2.10 bits per heavy atom. The van der Waals surface area contributed by atoms with Gasteiger partial charge in [0.25, 0.3) is 17.4 Å². The van der Waals surface area contributed by atoms with Crippen LogP contribution in [-0.2, 0) is 4.74 Å². The first-order valence-corrected chi connectivity index (χ1v) is 10.1. The highest BCUT2D eigenvalue weighted by Gasteiger charge is 2.46. The molecule has 9 nitrogen and oxygen atoms in total. The molecule has 4 heterocycles. The molecule has 2 amide bonds. The van der Waals surface area contributed by atoms with Crippen LogP contribution in [0, 0.1) is 12.3 Å². The van der Waals surface area contributed by atoms with E-state index in [1.165, 1.54) is 18.3 Å². The number of rotatable bonds is 4. The zero-order chi connectivity index (χ0) is 21.1. The lowest BCUT2D eigenvalue weighted by Crippen LogP contribution is -2.43. The highest BCUT2D eigenvalue weighted by molar-refractivity contribution is 5.94. The van der Waals surface area contributed by atoms with Crippen LogP contribution < -0.4 is 10.9 Å². The fraction of sp³-hybridized carbons (Fsp3) is 0.476. The van der Waals surface area contributed by atoms with Crippen LogP contribution >= 0.6 is 0 Å². The summed E-state index contributed by atoms with van der Waals surface area (Å²) < 4.78 is 5.52. The normalized spacial score (nSPS) is 20.3. The molecule has 2 aromatic heterocycles. The fourth-order valence-electron chi connectivity index (χ4n) is 4.35. The number of nitrogens with zero attached hydrogens (tertiary/aromatic N) is 3. The predicted molar refractivity (Wildman–Crippen MR) is 108 cm³/mol. The first kappa shape index (κ1) is 20.2. The number of H-pyrrole nitrogens is 1. The second-order valence-electron chi connectivity index (χ2n) is 8.17. The number of aryl methyl sites for hydroxylation is 1. The van der Waals surface area contributed by atoms with Crippen molar-refractivity contribution in [1.82, 2.24) is 25.4 Å². The van der Waals surface area contributed by atoms with Gasteiger partial charge in [-0.25, -0.2) is 5.10 Å². The van der Waals surface area contributed by atoms with Crippen LogP contribution in [0.15, 0.2) is 35.4 Å². The number of amides is 2. The lowest BCUT2D eigenvalue weighted by atomic mass is 9.78. The minimum atomic E-state index is -0.357. The Labute approximate surface area is 173 Å². The first-order chi connectivity index (χ1) is 14.5. The second-order valence-corrected chi connectivity index (χ2v) is 8.17. The van der Waals surface area contributed by atoms with Crippen molar-refractivity contribution in [2.45, 2.75) is 32.2 Å². The summed E-state index contributed by atoms with van der Waals surface area (Å²) >= 11 is 0. The molecule has 2 aromatic rings. The van der Waals surface area contributed by atoms with Gasteiger partial charge in [-0.1, -0.05) is 0 Å². The Morgan fingerprint density at radius 1 is 1.30 bits per heavy atom. The van der Waals surface area contributed by atoms with E-state index in [0.717, 1.165) is 24.8 Å². The SMILES string of the molecule is Cc1cncc(C(=O)NCC2CC3(CCOCC3)CN2C(=O)c2ccc(=O)[nH]n2)c1. The molecule has 1 spiro atoms. The van der Waals surface area contributed by atoms with Crippen LogP contribution in [0.5, 0.6) is 0 Å². The number of hydrogen-bond acceptors (Lipinski definition) is 6. The molecular weight excluding hydrogens is 386 g/mol. The Hall–Kier alpha value is -3.07. The molecule has 9 heteroatoms. The number of carbonyl (C=O) groups is 2. The van der Waals surface area contributed by atoms with E-state index in [1.54, 1.807) is 17.2 Å². The average molecular weight is 411 g/mol. The number of aromatic nitrogens is 3. The van der Waals surface area contributed by atoms with Gasteiger partial charge in [0.1, 0.15) is 5.69 Å². The summed E-state index contributed by atoms with van der Waals surface area (Å²) in [6, 6.07) is 4.35. The molecule has 2 aliphatic rings. The summed E-state index contributed by atoms with van der Waals surface area (Å²) in [6.07, 6.45) is 5.77. The van der Waals surface area contributed by atoms with Gasteiger partial charge in [0.2, 0.25) is 0 Å². The van der Waals surface area contributed by atoms with Gasteiger partial charge in [0.15, 0.2) is 0 Å². The molecule has 2 aliphatic heterocycles. The van der Waals surface area contributed by atoms with E-state index in [0.29, 0.717) is 31.9 Å². The highest BCUT2D eigenvalue weighted by Crippen LogP contribution is 2.43. The van der Waals surface area contributed by atoms with E-state index in [-0.39, 0.29) is 34.5 Å². The minimum Gasteiger partial charge on any atom is -0.381 e. The molecule has 2 saturated heterocycles. The third-order valence-corrected chi connectivity index (χ3v) is 5.96. The number of aromatic amines is 1. The van der Waals surface area contributed by atoms with Crippen molar-refractivity contribution in [3.8, 4) is 0 Å². The molecule has 158 valence electrons. The maximum atomic E-state index is 13.1. The van der Waals surface area contributed by atoms with E-state index in [2.05, 4.69) is 20.5 Å². The summed E-state index contributed by atoms with van der Waals surface area (Å²) in [4.78, 5) is 42.9. The third-order valence-electron chi connectivity index (χ3n) is 5.96. The number of carbonyl (C=O) groups excluding carboxylic acids is 2. The number of hydrogen-bond donors (Lipinski definition) is 2. The van der Waals surface area contributed by atoms with E-state index in [1.807, 2.05) is 6.92 Å². The van der Waals surface area contributed by atoms with Crippen LogP contribution in [0.1, 0.15) is 45.7 Å². The van der Waals surface area contributed by atoms with Crippen molar-refractivity contribution < 1.29 is 14.3 Å². The van der Waals surface area contributed by atoms with Crippen molar-refractivity contribution in [3.63, 3.8) is 0 Å². The van der Waals surface area contributed by atoms with Crippen LogP contribution in [0.3, 0.4) is 0 Å². The van der Waals surface area contributed by atoms with E-state index in [4.69, 9.17) is 4.74 Å². The zero-order valence-electron chi connectivity index (χ0n) is 16.9. The summed E-state index contributed by atoms with van der Waals surface area (Å²) in [5.74, 6) is -0.459. The second kappa shape index (κ2) is 8.35. The Morgan fingerprint density at radius 3 is 2.80 bits per heavy atom. The van der Waals surface area contributed by atoms with Gasteiger partial charge in [-0.05, 0) is 49.3 Å². The van der Waals surface area contributed by atoms with Crippen LogP contribution in [-0.4, -0.2) is 64.2 Å². The Kier molecular flexibility index (Phi) is 5.63. The van der Waals surface area contributed by atoms with Crippen LogP contribution in [0.2, 0.25) is 0 Å². The van der Waals surface area contributed by atoms with E-state index < -0.39 is 0 Å². The largest absolute Gasteiger partial charge is 0.381 e. The summed E-state index contributed by atoms with van der Waals surface area (Å²) in [5, 5.41) is 9.16. The van der Waals surface area contributed by atoms with Gasteiger partial charge >= 0.3 is 0 Å². The molecule has 30 heavy (non-hydrogen) atoms. The van der Waals surface area contributed by atoms with E-state index >= 15 is 0 Å². The molecule has 1 atom stereocenters. The maximum absolute atomic E-state index is 13.1. The van der Waals surface area contributed by atoms with Crippen LogP contribution in [0.4, 0.5) is 0 Å². The van der Waals surface area contributed by atoms with Gasteiger partial charge in [0.05, 0.1) is 11.6 Å². The van der Waals surface area contributed by atoms with Gasteiger partial charge in [0, 0.05) is 44.8 Å². The first-order valence-electron chi connectivity index (χ1n) is 10.1. The Bertz CT molecular complexity index is 978. The smallest absolute Gasteiger partial charge is 0.274 e. The topological polar surface area (TPSA) is 117 Å². The molecule has 0 radical (unpaired) electrons. The highest BCUT2D eigenvalue weighted by atomic mass is 16.5. The van der Waals surface area contributed by atoms with E-state index in [9.17, 15) is 14.4 Å². The number of ether oxygens (including phenoxy) is 1. The average Bonchev–Trinajstić information content (AvgIpc) is 3.10. The van der Waals surface area contributed by atoms with Crippen molar-refractivity contribution in [2.75, 3.05) is 26.3 Å². The van der Waals surface area contributed by atoms with Crippen molar-refractivity contribution in [3.05, 3.63) is 57.8 Å². The molecule has 0 saturated carbocycles. The van der Waals surface area contributed by atoms with Crippen molar-refractivity contribution in [2.24, 2.45) is 5.41 Å². The van der Waals surface area contributed by atoms with Crippen LogP contribution in [0.25, 0.3) is 0 Å². The summed E-state index contributed by atoms with van der Waals surface area (Å²) in [5.41, 5.74) is 1.22. The maximum Gasteiger partial charge on any atom is 0.274 e. The monoisotopic (exact) mass is 411 g/mol. The molecule has 2 fully saturated rings. The molecule has 0 aliphatic carbocycles. The van der Waals surface area contributed by atoms with Crippen molar-refractivity contribution >= 4 is 11.8 Å². The summed E-state index contributed by atoms with van der Waals surface area (Å²) in [7, 11) is 0. The number of likely N-dealkylation sites (tertiary alicyclic amines) is 1. The van der Waals surface area contributed by atoms with Crippen molar-refractivity contribution in [1.29, 1.82) is 0 Å². The molecule has 4 rings (SSSR count). The minimum absolute atomic E-state index is 0.0175. The fourth-order valence-corrected chi connectivity index (χ4v) is 4.35. The molecular formula is C21H25N5O4. The quantitative estimate of drug-likeness (QED) is 0.772.